The molecule has 4 aromatic carbocycles. The zero-order valence-electron chi connectivity index (χ0n) is 20.9. The first-order valence-corrected chi connectivity index (χ1v) is 13.9. The van der Waals surface area contributed by atoms with Gasteiger partial charge in [-0.2, -0.15) is 0 Å². The predicted octanol–water partition coefficient (Wildman–Crippen LogP) is 9.22. The van der Waals surface area contributed by atoms with Crippen molar-refractivity contribution < 1.29 is 0 Å². The molecule has 0 aliphatic carbocycles. The smallest absolute Gasteiger partial charge is 0.104 e. The van der Waals surface area contributed by atoms with E-state index in [-0.39, 0.29) is 10.8 Å². The zero-order valence-corrected chi connectivity index (χ0v) is 22.6. The van der Waals surface area contributed by atoms with E-state index in [9.17, 15) is 0 Å². The molecule has 36 heavy (non-hydrogen) atoms. The van der Waals surface area contributed by atoms with Gasteiger partial charge in [0.15, 0.2) is 0 Å². The first kappa shape index (κ1) is 23.1. The molecule has 2 aromatic heterocycles. The summed E-state index contributed by atoms with van der Waals surface area (Å²) in [5, 5.41) is 2.28. The third kappa shape index (κ3) is 3.76. The Bertz CT molecular complexity index is 1510. The van der Waals surface area contributed by atoms with Gasteiger partial charge in [-0.25, -0.2) is 9.97 Å². The number of rotatable bonds is 5. The summed E-state index contributed by atoms with van der Waals surface area (Å²) in [5.74, 6) is 0. The molecule has 0 N–H and O–H groups in total. The summed E-state index contributed by atoms with van der Waals surface area (Å²) in [5.41, 5.74) is 6.74. The fraction of sp³-hybridized carbons (Fsp3) is 0.188. The zero-order chi connectivity index (χ0) is 24.9. The summed E-state index contributed by atoms with van der Waals surface area (Å²) in [6, 6.07) is 34.5. The fourth-order valence-electron chi connectivity index (χ4n) is 5.04. The second kappa shape index (κ2) is 8.65. The Balaban J connectivity index is 1.51. The van der Waals surface area contributed by atoms with E-state index in [2.05, 4.69) is 125 Å². The molecule has 4 heteroatoms. The van der Waals surface area contributed by atoms with Crippen molar-refractivity contribution in [3.63, 3.8) is 0 Å². The minimum Gasteiger partial charge on any atom is -0.240 e. The Hall–Kier alpha value is -3.34. The molecule has 2 nitrogen and oxygen atoms in total. The molecule has 178 valence electrons. The molecule has 6 aromatic rings. The average Bonchev–Trinajstić information content (AvgIpc) is 3.54. The van der Waals surface area contributed by atoms with Crippen molar-refractivity contribution in [1.82, 2.24) is 9.97 Å². The predicted molar refractivity (Wildman–Crippen MR) is 155 cm³/mol. The fourth-order valence-corrected chi connectivity index (χ4v) is 7.20. The van der Waals surface area contributed by atoms with E-state index in [4.69, 9.17) is 9.97 Å². The standard InChI is InChI=1S/C32H28N2S2/c1-31(2,29-33-25-17-9-11-19-27(25)35-29)23-15-7-5-13-21(23)22-14-6-8-16-24(22)32(3,4)30-34-26-18-10-12-20-28(26)36-30/h5-20H,1-4H3. The third-order valence-corrected chi connectivity index (χ3v) is 9.87. The highest BCUT2D eigenvalue weighted by molar-refractivity contribution is 7.19. The quantitative estimate of drug-likeness (QED) is 0.234. The van der Waals surface area contributed by atoms with Gasteiger partial charge < -0.3 is 0 Å². The molecule has 0 amide bonds. The maximum atomic E-state index is 5.05. The molecule has 0 unspecified atom stereocenters. The van der Waals surface area contributed by atoms with E-state index in [0.29, 0.717) is 0 Å². The molecule has 6 rings (SSSR count). The summed E-state index contributed by atoms with van der Waals surface area (Å²) in [6.07, 6.45) is 0. The first-order chi connectivity index (χ1) is 17.4. The van der Waals surface area contributed by atoms with E-state index in [0.717, 1.165) is 21.0 Å². The first-order valence-electron chi connectivity index (χ1n) is 12.3. The highest BCUT2D eigenvalue weighted by Crippen LogP contribution is 2.45. The van der Waals surface area contributed by atoms with Crippen LogP contribution in [0.3, 0.4) is 0 Å². The normalized spacial score (nSPS) is 12.4. The molecule has 0 radical (unpaired) electrons. The molecular formula is C32H28N2S2. The van der Waals surface area contributed by atoms with Gasteiger partial charge in [0.25, 0.3) is 0 Å². The summed E-state index contributed by atoms with van der Waals surface area (Å²) in [7, 11) is 0. The summed E-state index contributed by atoms with van der Waals surface area (Å²) < 4.78 is 2.46. The molecule has 0 saturated carbocycles. The Morgan fingerprint density at radius 3 is 1.25 bits per heavy atom. The largest absolute Gasteiger partial charge is 0.240 e. The Kier molecular flexibility index (Phi) is 5.55. The lowest BCUT2D eigenvalue weighted by Crippen LogP contribution is -2.22. The second-order valence-corrected chi connectivity index (χ2v) is 12.4. The number of hydrogen-bond acceptors (Lipinski definition) is 4. The Morgan fingerprint density at radius 1 is 0.472 bits per heavy atom. The van der Waals surface area contributed by atoms with Gasteiger partial charge in [-0.1, -0.05) is 72.8 Å². The Labute approximate surface area is 220 Å². The number of thiazole rings is 2. The topological polar surface area (TPSA) is 25.8 Å². The van der Waals surface area contributed by atoms with Crippen LogP contribution < -0.4 is 0 Å². The molecule has 0 fully saturated rings. The van der Waals surface area contributed by atoms with E-state index in [1.807, 2.05) is 0 Å². The maximum Gasteiger partial charge on any atom is 0.104 e. The molecule has 0 aliphatic heterocycles. The van der Waals surface area contributed by atoms with Crippen molar-refractivity contribution in [3.05, 3.63) is 118 Å². The third-order valence-electron chi connectivity index (χ3n) is 7.15. The van der Waals surface area contributed by atoms with Crippen LogP contribution in [0.5, 0.6) is 0 Å². The minimum absolute atomic E-state index is 0.243. The van der Waals surface area contributed by atoms with Crippen LogP contribution in [0.1, 0.15) is 48.8 Å². The second-order valence-electron chi connectivity index (χ2n) is 10.3. The number of benzene rings is 4. The van der Waals surface area contributed by atoms with Crippen molar-refractivity contribution in [3.8, 4) is 11.1 Å². The van der Waals surface area contributed by atoms with Gasteiger partial charge in [0.2, 0.25) is 0 Å². The van der Waals surface area contributed by atoms with Crippen LogP contribution in [0.4, 0.5) is 0 Å². The van der Waals surface area contributed by atoms with Crippen molar-refractivity contribution in [1.29, 1.82) is 0 Å². The van der Waals surface area contributed by atoms with E-state index in [1.54, 1.807) is 22.7 Å². The van der Waals surface area contributed by atoms with Gasteiger partial charge >= 0.3 is 0 Å². The van der Waals surface area contributed by atoms with E-state index < -0.39 is 0 Å². The molecular weight excluding hydrogens is 477 g/mol. The van der Waals surface area contributed by atoms with Crippen LogP contribution in [-0.2, 0) is 10.8 Å². The van der Waals surface area contributed by atoms with Crippen molar-refractivity contribution in [2.75, 3.05) is 0 Å². The van der Waals surface area contributed by atoms with Gasteiger partial charge in [-0.3, -0.25) is 0 Å². The molecule has 0 aliphatic rings. The Morgan fingerprint density at radius 2 is 0.833 bits per heavy atom. The van der Waals surface area contributed by atoms with Crippen LogP contribution in [0, 0.1) is 0 Å². The van der Waals surface area contributed by atoms with Crippen LogP contribution in [-0.4, -0.2) is 9.97 Å². The lowest BCUT2D eigenvalue weighted by molar-refractivity contribution is 0.631. The summed E-state index contributed by atoms with van der Waals surface area (Å²) >= 11 is 3.58. The van der Waals surface area contributed by atoms with Gasteiger partial charge in [-0.15, -0.1) is 22.7 Å². The SMILES string of the molecule is CC(C)(c1nc2ccccc2s1)c1ccccc1-c1ccccc1C(C)(C)c1nc2ccccc2s1. The minimum atomic E-state index is -0.243. The average molecular weight is 505 g/mol. The van der Waals surface area contributed by atoms with E-state index >= 15 is 0 Å². The monoisotopic (exact) mass is 504 g/mol. The number of aromatic nitrogens is 2. The summed E-state index contributed by atoms with van der Waals surface area (Å²) in [4.78, 5) is 10.1. The van der Waals surface area contributed by atoms with Crippen LogP contribution in [0.2, 0.25) is 0 Å². The lowest BCUT2D eigenvalue weighted by atomic mass is 9.76. The highest BCUT2D eigenvalue weighted by atomic mass is 32.1. The molecule has 0 spiro atoms. The summed E-state index contributed by atoms with van der Waals surface area (Å²) in [6.45, 7) is 9.19. The molecule has 2 heterocycles. The number of fused-ring (bicyclic) bond motifs is 2. The molecule has 0 saturated heterocycles. The van der Waals surface area contributed by atoms with Gasteiger partial charge in [0.1, 0.15) is 10.0 Å². The molecule has 0 atom stereocenters. The van der Waals surface area contributed by atoms with Gasteiger partial charge in [-0.05, 0) is 74.2 Å². The van der Waals surface area contributed by atoms with E-state index in [1.165, 1.54) is 31.7 Å². The van der Waals surface area contributed by atoms with Crippen molar-refractivity contribution in [2.24, 2.45) is 0 Å². The number of para-hydroxylation sites is 2. The number of hydrogen-bond donors (Lipinski definition) is 0. The highest BCUT2D eigenvalue weighted by Gasteiger charge is 2.33. The van der Waals surface area contributed by atoms with Crippen molar-refractivity contribution in [2.45, 2.75) is 38.5 Å². The maximum absolute atomic E-state index is 5.05. The van der Waals surface area contributed by atoms with Gasteiger partial charge in [0, 0.05) is 10.8 Å². The lowest BCUT2D eigenvalue weighted by Gasteiger charge is -2.30. The van der Waals surface area contributed by atoms with Crippen LogP contribution >= 0.6 is 22.7 Å². The van der Waals surface area contributed by atoms with Crippen LogP contribution in [0.25, 0.3) is 31.6 Å². The van der Waals surface area contributed by atoms with Crippen LogP contribution in [0.15, 0.2) is 97.1 Å². The number of nitrogens with zero attached hydrogens (tertiary/aromatic N) is 2. The molecule has 0 bridgehead atoms. The van der Waals surface area contributed by atoms with Gasteiger partial charge in [0.05, 0.1) is 20.4 Å². The van der Waals surface area contributed by atoms with Crippen molar-refractivity contribution >= 4 is 43.1 Å².